The van der Waals surface area contributed by atoms with E-state index in [0.717, 1.165) is 11.3 Å². The number of rotatable bonds is 1. The highest BCUT2D eigenvalue weighted by molar-refractivity contribution is 5.94. The minimum absolute atomic E-state index is 0.417. The first-order valence-corrected chi connectivity index (χ1v) is 3.58. The Morgan fingerprint density at radius 2 is 2.25 bits per heavy atom. The summed E-state index contributed by atoms with van der Waals surface area (Å²) in [6.45, 7) is 0. The molecule has 1 radical (unpaired) electrons. The zero-order chi connectivity index (χ0) is 8.55. The number of fused-ring (bicyclic) bond motifs is 1. The smallest absolute Gasteiger partial charge is 0.248 e. The van der Waals surface area contributed by atoms with Crippen LogP contribution in [0.3, 0.4) is 0 Å². The molecule has 3 heteroatoms. The number of hydrogen-bond acceptors (Lipinski definition) is 1. The summed E-state index contributed by atoms with van der Waals surface area (Å²) >= 11 is 0. The molecular formula is C9H7N2O. The summed E-state index contributed by atoms with van der Waals surface area (Å²) in [5, 5.41) is 4.05. The first kappa shape index (κ1) is 6.91. The molecule has 2 N–H and O–H groups in total. The molecule has 0 atom stereocenters. The molecule has 59 valence electrons. The molecule has 0 aromatic heterocycles. The zero-order valence-corrected chi connectivity index (χ0v) is 6.32. The summed E-state index contributed by atoms with van der Waals surface area (Å²) in [6.07, 6.45) is 3.59. The van der Waals surface area contributed by atoms with Crippen LogP contribution in [0, 0.1) is 0 Å². The van der Waals surface area contributed by atoms with Crippen molar-refractivity contribution in [2.45, 2.75) is 0 Å². The molecule has 1 heterocycles. The molecule has 0 spiro atoms. The Labute approximate surface area is 69.9 Å². The van der Waals surface area contributed by atoms with Crippen LogP contribution < -0.4 is 11.1 Å². The largest absolute Gasteiger partial charge is 0.366 e. The van der Waals surface area contributed by atoms with Crippen LogP contribution >= 0.6 is 0 Å². The lowest BCUT2D eigenvalue weighted by molar-refractivity contribution is 0.100. The van der Waals surface area contributed by atoms with E-state index in [2.05, 4.69) is 5.32 Å². The quantitative estimate of drug-likeness (QED) is 0.653. The van der Waals surface area contributed by atoms with Gasteiger partial charge in [-0.05, 0) is 18.2 Å². The van der Waals surface area contributed by atoms with E-state index in [1.165, 1.54) is 0 Å². The van der Waals surface area contributed by atoms with Crippen molar-refractivity contribution in [2.24, 2.45) is 5.73 Å². The van der Waals surface area contributed by atoms with Crippen LogP contribution in [0.1, 0.15) is 15.9 Å². The maximum absolute atomic E-state index is 10.8. The number of hydrogen-bond donors (Lipinski definition) is 1. The summed E-state index contributed by atoms with van der Waals surface area (Å²) in [4.78, 5) is 10.8. The zero-order valence-electron chi connectivity index (χ0n) is 6.32. The molecule has 0 unspecified atom stereocenters. The molecule has 0 saturated heterocycles. The first-order valence-electron chi connectivity index (χ1n) is 3.58. The van der Waals surface area contributed by atoms with Gasteiger partial charge in [0.2, 0.25) is 5.91 Å². The fraction of sp³-hybridized carbons (Fsp3) is 0. The molecule has 1 amide bonds. The molecule has 0 aliphatic carbocycles. The Morgan fingerprint density at radius 3 is 3.00 bits per heavy atom. The minimum atomic E-state index is -0.417. The summed E-state index contributed by atoms with van der Waals surface area (Å²) in [7, 11) is 0. The van der Waals surface area contributed by atoms with E-state index in [1.54, 1.807) is 18.3 Å². The number of nitrogens with zero attached hydrogens (tertiary/aromatic N) is 1. The van der Waals surface area contributed by atoms with Gasteiger partial charge in [-0.1, -0.05) is 6.07 Å². The second-order valence-corrected chi connectivity index (χ2v) is 2.58. The number of primary amides is 1. The van der Waals surface area contributed by atoms with Gasteiger partial charge in [-0.2, -0.15) is 0 Å². The molecule has 1 aromatic carbocycles. The average molecular weight is 159 g/mol. The summed E-state index contributed by atoms with van der Waals surface area (Å²) in [5.74, 6) is -0.417. The standard InChI is InChI=1S/C9H7N2O/c10-9(12)7-2-1-6-3-4-11-8(6)5-7/h1-5H,(H2,10,12). The Morgan fingerprint density at radius 1 is 1.42 bits per heavy atom. The highest BCUT2D eigenvalue weighted by atomic mass is 16.1. The topological polar surface area (TPSA) is 57.2 Å². The maximum Gasteiger partial charge on any atom is 0.248 e. The van der Waals surface area contributed by atoms with Gasteiger partial charge in [0.1, 0.15) is 0 Å². The van der Waals surface area contributed by atoms with Gasteiger partial charge in [-0.25, -0.2) is 0 Å². The van der Waals surface area contributed by atoms with E-state index in [9.17, 15) is 4.79 Å². The van der Waals surface area contributed by atoms with Crippen LogP contribution in [0.4, 0.5) is 5.69 Å². The van der Waals surface area contributed by atoms with Gasteiger partial charge in [-0.3, -0.25) is 10.1 Å². The summed E-state index contributed by atoms with van der Waals surface area (Å²) in [6, 6.07) is 5.23. The van der Waals surface area contributed by atoms with Crippen LogP contribution in [0.15, 0.2) is 24.4 Å². The number of carbonyl (C=O) groups excluding carboxylic acids is 1. The third-order valence-corrected chi connectivity index (χ3v) is 1.78. The van der Waals surface area contributed by atoms with Gasteiger partial charge in [0.25, 0.3) is 0 Å². The Kier molecular flexibility index (Phi) is 1.37. The molecule has 1 aliphatic heterocycles. The predicted molar refractivity (Wildman–Crippen MR) is 45.8 cm³/mol. The minimum Gasteiger partial charge on any atom is -0.366 e. The van der Waals surface area contributed by atoms with Gasteiger partial charge in [-0.15, -0.1) is 0 Å². The molecule has 1 aliphatic rings. The summed E-state index contributed by atoms with van der Waals surface area (Å²) < 4.78 is 0. The van der Waals surface area contributed by atoms with Crippen molar-refractivity contribution in [3.05, 3.63) is 35.5 Å². The normalized spacial score (nSPS) is 12.3. The average Bonchev–Trinajstić information content (AvgIpc) is 2.49. The number of benzene rings is 1. The van der Waals surface area contributed by atoms with Crippen LogP contribution in [-0.2, 0) is 0 Å². The molecular weight excluding hydrogens is 152 g/mol. The monoisotopic (exact) mass is 159 g/mol. The van der Waals surface area contributed by atoms with Crippen molar-refractivity contribution in [1.82, 2.24) is 5.32 Å². The van der Waals surface area contributed by atoms with E-state index >= 15 is 0 Å². The van der Waals surface area contributed by atoms with E-state index in [0.29, 0.717) is 5.56 Å². The molecule has 0 bridgehead atoms. The van der Waals surface area contributed by atoms with Crippen LogP contribution in [0.2, 0.25) is 0 Å². The summed E-state index contributed by atoms with van der Waals surface area (Å²) in [5.41, 5.74) is 7.45. The second-order valence-electron chi connectivity index (χ2n) is 2.58. The lowest BCUT2D eigenvalue weighted by Gasteiger charge is -1.99. The second kappa shape index (κ2) is 2.37. The van der Waals surface area contributed by atoms with E-state index in [-0.39, 0.29) is 0 Å². The van der Waals surface area contributed by atoms with Crippen molar-refractivity contribution in [3.8, 4) is 0 Å². The Hall–Kier alpha value is -1.77. The van der Waals surface area contributed by atoms with E-state index in [1.807, 2.05) is 12.1 Å². The molecule has 12 heavy (non-hydrogen) atoms. The fourth-order valence-corrected chi connectivity index (χ4v) is 1.15. The highest BCUT2D eigenvalue weighted by Gasteiger charge is 2.08. The molecule has 3 nitrogen and oxygen atoms in total. The molecule has 1 aromatic rings. The number of amides is 1. The Bertz CT molecular complexity index is 369. The molecule has 2 rings (SSSR count). The van der Waals surface area contributed by atoms with Gasteiger partial charge in [0.15, 0.2) is 0 Å². The van der Waals surface area contributed by atoms with Crippen LogP contribution in [-0.4, -0.2) is 5.91 Å². The number of carbonyl (C=O) groups is 1. The predicted octanol–water partition coefficient (Wildman–Crippen LogP) is 1.01. The third-order valence-electron chi connectivity index (χ3n) is 1.78. The third kappa shape index (κ3) is 0.955. The van der Waals surface area contributed by atoms with Crippen molar-refractivity contribution in [1.29, 1.82) is 0 Å². The van der Waals surface area contributed by atoms with Gasteiger partial charge >= 0.3 is 0 Å². The number of nitrogens with two attached hydrogens (primary N) is 1. The fourth-order valence-electron chi connectivity index (χ4n) is 1.15. The van der Waals surface area contributed by atoms with Crippen molar-refractivity contribution >= 4 is 17.7 Å². The van der Waals surface area contributed by atoms with Crippen molar-refractivity contribution in [3.63, 3.8) is 0 Å². The Balaban J connectivity index is 2.49. The maximum atomic E-state index is 10.8. The van der Waals surface area contributed by atoms with Crippen LogP contribution in [0.25, 0.3) is 6.08 Å². The lowest BCUT2D eigenvalue weighted by atomic mass is 10.1. The van der Waals surface area contributed by atoms with Gasteiger partial charge in [0.05, 0.1) is 5.69 Å². The van der Waals surface area contributed by atoms with E-state index in [4.69, 9.17) is 5.73 Å². The van der Waals surface area contributed by atoms with E-state index < -0.39 is 5.91 Å². The lowest BCUT2D eigenvalue weighted by Crippen LogP contribution is -2.10. The SMILES string of the molecule is NC(=O)c1ccc2c(c1)[N]C=C2. The van der Waals surface area contributed by atoms with Crippen molar-refractivity contribution < 1.29 is 4.79 Å². The molecule has 0 saturated carbocycles. The van der Waals surface area contributed by atoms with Gasteiger partial charge in [0, 0.05) is 17.3 Å². The molecule has 0 fully saturated rings. The van der Waals surface area contributed by atoms with Crippen molar-refractivity contribution in [2.75, 3.05) is 0 Å². The van der Waals surface area contributed by atoms with Gasteiger partial charge < -0.3 is 5.73 Å². The first-order chi connectivity index (χ1) is 5.77. The highest BCUT2D eigenvalue weighted by Crippen LogP contribution is 2.23. The van der Waals surface area contributed by atoms with Crippen LogP contribution in [0.5, 0.6) is 0 Å².